The summed E-state index contributed by atoms with van der Waals surface area (Å²) in [5.74, 6) is -4.15. The standard InChI is InChI=1S/C30H29N5O9S/c1-30(2)22(28(41)42)35-26(40)21(27(35)45-30)34(25(39)20(31)15-6-10-17(36)11-7-15)24(38)18-12-13-19(33-23(18)37)14-4-8-16(9-5-14)32-29(43)44-3/h4-13,20-22,27,36H,31H2,1-3H3,(H,32,43)(H,33,37)(H,41,42)/t20?,21-,22+,27-/m1/s1. The van der Waals surface area contributed by atoms with E-state index < -0.39 is 69.2 Å². The van der Waals surface area contributed by atoms with Crippen LogP contribution in [0.5, 0.6) is 5.75 Å². The van der Waals surface area contributed by atoms with Gasteiger partial charge >= 0.3 is 12.1 Å². The van der Waals surface area contributed by atoms with Gasteiger partial charge in [-0.05, 0) is 61.4 Å². The molecule has 2 aliphatic heterocycles. The Hall–Kier alpha value is -5.15. The number of hydrogen-bond donors (Lipinski definition) is 5. The molecule has 15 heteroatoms. The van der Waals surface area contributed by atoms with Crippen LogP contribution in [0, 0.1) is 0 Å². The fraction of sp³-hybridized carbons (Fsp3) is 0.267. The first-order valence-electron chi connectivity index (χ1n) is 13.6. The molecule has 1 unspecified atom stereocenters. The van der Waals surface area contributed by atoms with Crippen LogP contribution in [0.3, 0.4) is 0 Å². The number of benzene rings is 2. The highest BCUT2D eigenvalue weighted by Crippen LogP contribution is 2.52. The van der Waals surface area contributed by atoms with Crippen LogP contribution in [-0.4, -0.2) is 84.1 Å². The summed E-state index contributed by atoms with van der Waals surface area (Å²) < 4.78 is 3.61. The number of ether oxygens (including phenoxy) is 1. The Morgan fingerprint density at radius 3 is 2.27 bits per heavy atom. The van der Waals surface area contributed by atoms with Crippen molar-refractivity contribution in [3.8, 4) is 17.0 Å². The number of fused-ring (bicyclic) bond motifs is 1. The summed E-state index contributed by atoms with van der Waals surface area (Å²) in [6.45, 7) is 3.30. The molecule has 0 saturated carbocycles. The zero-order valence-electron chi connectivity index (χ0n) is 24.2. The number of amides is 4. The Kier molecular flexibility index (Phi) is 8.16. The molecule has 5 rings (SSSR count). The van der Waals surface area contributed by atoms with Crippen molar-refractivity contribution in [3.63, 3.8) is 0 Å². The van der Waals surface area contributed by atoms with E-state index in [1.807, 2.05) is 0 Å². The van der Waals surface area contributed by atoms with Crippen molar-refractivity contribution in [1.29, 1.82) is 0 Å². The fourth-order valence-corrected chi connectivity index (χ4v) is 7.08. The molecule has 6 N–H and O–H groups in total. The number of hydrogen-bond acceptors (Lipinski definition) is 10. The maximum absolute atomic E-state index is 14.0. The van der Waals surface area contributed by atoms with Crippen molar-refractivity contribution in [1.82, 2.24) is 14.8 Å². The molecule has 3 heterocycles. The number of aromatic amines is 1. The van der Waals surface area contributed by atoms with Gasteiger partial charge in [0, 0.05) is 16.1 Å². The Morgan fingerprint density at radius 2 is 1.69 bits per heavy atom. The highest BCUT2D eigenvalue weighted by atomic mass is 32.2. The summed E-state index contributed by atoms with van der Waals surface area (Å²) in [7, 11) is 1.23. The molecule has 234 valence electrons. The molecule has 0 radical (unpaired) electrons. The van der Waals surface area contributed by atoms with E-state index in [1.54, 1.807) is 38.1 Å². The second-order valence-electron chi connectivity index (χ2n) is 10.9. The molecule has 0 aliphatic carbocycles. The van der Waals surface area contributed by atoms with E-state index in [-0.39, 0.29) is 11.3 Å². The zero-order chi connectivity index (χ0) is 32.8. The molecule has 2 aliphatic rings. The van der Waals surface area contributed by atoms with Gasteiger partial charge in [0.1, 0.15) is 34.8 Å². The van der Waals surface area contributed by atoms with Crippen molar-refractivity contribution >= 4 is 47.2 Å². The topological polar surface area (TPSA) is 212 Å². The first-order chi connectivity index (χ1) is 21.2. The molecular formula is C30H29N5O9S. The monoisotopic (exact) mass is 635 g/mol. The largest absolute Gasteiger partial charge is 0.508 e. The van der Waals surface area contributed by atoms with Crippen molar-refractivity contribution in [2.75, 3.05) is 12.4 Å². The third-order valence-corrected chi connectivity index (χ3v) is 9.22. The number of nitrogens with one attached hydrogen (secondary N) is 2. The Bertz CT molecular complexity index is 1760. The Morgan fingerprint density at radius 1 is 1.04 bits per heavy atom. The number of carbonyl (C=O) groups excluding carboxylic acids is 4. The molecule has 2 aromatic carbocycles. The number of carboxylic acid groups (broad SMARTS) is 1. The summed E-state index contributed by atoms with van der Waals surface area (Å²) in [4.78, 5) is 82.5. The van der Waals surface area contributed by atoms with Gasteiger partial charge in [0.05, 0.1) is 7.11 Å². The second kappa shape index (κ2) is 11.7. The van der Waals surface area contributed by atoms with E-state index in [9.17, 15) is 39.0 Å². The fourth-order valence-electron chi connectivity index (χ4n) is 5.41. The van der Waals surface area contributed by atoms with Crippen LogP contribution in [0.25, 0.3) is 11.3 Å². The van der Waals surface area contributed by atoms with Gasteiger partial charge in [0.15, 0.2) is 0 Å². The van der Waals surface area contributed by atoms with Gasteiger partial charge in [0.25, 0.3) is 23.3 Å². The molecule has 4 atom stereocenters. The summed E-state index contributed by atoms with van der Waals surface area (Å²) in [5, 5.41) is 21.1. The van der Waals surface area contributed by atoms with Crippen molar-refractivity contribution in [2.45, 2.75) is 42.1 Å². The van der Waals surface area contributed by atoms with Crippen molar-refractivity contribution in [3.05, 3.63) is 82.1 Å². The highest BCUT2D eigenvalue weighted by Gasteiger charge is 2.66. The lowest BCUT2D eigenvalue weighted by atomic mass is 9.94. The molecule has 0 bridgehead atoms. The van der Waals surface area contributed by atoms with Crippen LogP contribution in [0.1, 0.15) is 35.8 Å². The predicted octanol–water partition coefficient (Wildman–Crippen LogP) is 2.11. The van der Waals surface area contributed by atoms with E-state index in [1.165, 1.54) is 43.5 Å². The third-order valence-electron chi connectivity index (χ3n) is 7.67. The number of anilines is 1. The quantitative estimate of drug-likeness (QED) is 0.237. The first kappa shape index (κ1) is 31.3. The minimum absolute atomic E-state index is 0.0820. The number of pyridine rings is 1. The van der Waals surface area contributed by atoms with Gasteiger partial charge in [0.2, 0.25) is 0 Å². The van der Waals surface area contributed by atoms with Gasteiger partial charge in [-0.15, -0.1) is 11.8 Å². The number of nitrogens with zero attached hydrogens (tertiary/aromatic N) is 2. The number of phenols is 1. The van der Waals surface area contributed by atoms with E-state index in [4.69, 9.17) is 5.73 Å². The van der Waals surface area contributed by atoms with E-state index in [2.05, 4.69) is 15.0 Å². The number of aliphatic carboxylic acids is 1. The molecule has 14 nitrogen and oxygen atoms in total. The molecule has 3 aromatic rings. The van der Waals surface area contributed by atoms with Crippen LogP contribution in [0.2, 0.25) is 0 Å². The molecule has 45 heavy (non-hydrogen) atoms. The lowest BCUT2D eigenvalue weighted by Gasteiger charge is -2.47. The smallest absolute Gasteiger partial charge is 0.411 e. The van der Waals surface area contributed by atoms with Crippen LogP contribution >= 0.6 is 11.8 Å². The number of imide groups is 1. The average molecular weight is 636 g/mol. The van der Waals surface area contributed by atoms with Crippen molar-refractivity contribution in [2.24, 2.45) is 5.73 Å². The maximum atomic E-state index is 14.0. The average Bonchev–Trinajstić information content (AvgIpc) is 3.26. The number of carboxylic acids is 1. The predicted molar refractivity (Wildman–Crippen MR) is 162 cm³/mol. The SMILES string of the molecule is COC(=O)Nc1ccc(-c2ccc(C(=O)N(C(=O)C(N)c3ccc(O)cc3)[C@@H]3C(=O)N4[C@@H]3SC(C)(C)[C@@H]4C(=O)O)c(=O)[nH]2)cc1. The van der Waals surface area contributed by atoms with E-state index in [0.717, 1.165) is 16.7 Å². The number of methoxy groups -OCH3 is 1. The number of thioether (sulfide) groups is 1. The van der Waals surface area contributed by atoms with Crippen LogP contribution < -0.4 is 16.6 Å². The minimum Gasteiger partial charge on any atom is -0.508 e. The number of aromatic nitrogens is 1. The number of rotatable bonds is 7. The second-order valence-corrected chi connectivity index (χ2v) is 12.7. The first-order valence-corrected chi connectivity index (χ1v) is 14.5. The number of phenolic OH excluding ortho intramolecular Hbond substituents is 1. The molecular weight excluding hydrogens is 606 g/mol. The van der Waals surface area contributed by atoms with Gasteiger partial charge in [-0.1, -0.05) is 24.3 Å². The van der Waals surface area contributed by atoms with Crippen LogP contribution in [-0.2, 0) is 19.1 Å². The minimum atomic E-state index is -1.46. The summed E-state index contributed by atoms with van der Waals surface area (Å²) in [6.07, 6.45) is -0.658. The van der Waals surface area contributed by atoms with Gasteiger partial charge in [-0.3, -0.25) is 29.4 Å². The van der Waals surface area contributed by atoms with Crippen LogP contribution in [0.4, 0.5) is 10.5 Å². The van der Waals surface area contributed by atoms with E-state index >= 15 is 0 Å². The number of aromatic hydroxyl groups is 1. The van der Waals surface area contributed by atoms with Crippen molar-refractivity contribution < 1.29 is 38.9 Å². The molecule has 0 spiro atoms. The number of nitrogens with two attached hydrogens (primary N) is 1. The van der Waals surface area contributed by atoms with Crippen LogP contribution in [0.15, 0.2) is 65.5 Å². The molecule has 1 aromatic heterocycles. The molecule has 4 amide bonds. The van der Waals surface area contributed by atoms with Gasteiger partial charge in [-0.25, -0.2) is 9.59 Å². The van der Waals surface area contributed by atoms with E-state index in [0.29, 0.717) is 21.8 Å². The molecule has 2 saturated heterocycles. The lowest BCUT2D eigenvalue weighted by Crippen LogP contribution is -2.72. The lowest BCUT2D eigenvalue weighted by molar-refractivity contribution is -0.166. The summed E-state index contributed by atoms with van der Waals surface area (Å²) >= 11 is 1.13. The number of carbonyl (C=O) groups is 5. The summed E-state index contributed by atoms with van der Waals surface area (Å²) in [5.41, 5.74) is 6.49. The maximum Gasteiger partial charge on any atom is 0.411 e. The normalized spacial score (nSPS) is 20.4. The Balaban J connectivity index is 1.49. The Labute approximate surface area is 260 Å². The zero-order valence-corrected chi connectivity index (χ0v) is 25.0. The number of H-pyrrole nitrogens is 1. The highest BCUT2D eigenvalue weighted by molar-refractivity contribution is 8.01. The third kappa shape index (κ3) is 5.62. The molecule has 2 fully saturated rings. The van der Waals surface area contributed by atoms with Gasteiger partial charge in [-0.2, -0.15) is 0 Å². The summed E-state index contributed by atoms with van der Waals surface area (Å²) in [6, 6.07) is 10.4. The number of β-lactam (4-membered cyclic amide) rings is 1. The van der Waals surface area contributed by atoms with Gasteiger partial charge < -0.3 is 30.6 Å².